The van der Waals surface area contributed by atoms with Crippen LogP contribution in [0.5, 0.6) is 11.5 Å². The van der Waals surface area contributed by atoms with Crippen LogP contribution >= 0.6 is 15.9 Å². The Morgan fingerprint density at radius 2 is 1.53 bits per heavy atom. The molecule has 0 aromatic heterocycles. The smallest absolute Gasteiger partial charge is 0.119 e. The highest BCUT2D eigenvalue weighted by Crippen LogP contribution is 2.30. The molecule has 0 amide bonds. The summed E-state index contributed by atoms with van der Waals surface area (Å²) in [6.07, 6.45) is 0. The second-order valence-electron chi connectivity index (χ2n) is 4.14. The number of benzene rings is 2. The van der Waals surface area contributed by atoms with Crippen molar-refractivity contribution >= 4 is 15.9 Å². The second-order valence-corrected chi connectivity index (χ2v) is 4.99. The van der Waals surface area contributed by atoms with Gasteiger partial charge < -0.3 is 15.2 Å². The summed E-state index contributed by atoms with van der Waals surface area (Å²) >= 11 is 3.53. The Morgan fingerprint density at radius 1 is 0.947 bits per heavy atom. The summed E-state index contributed by atoms with van der Waals surface area (Å²) in [5, 5.41) is 0. The zero-order chi connectivity index (χ0) is 13.8. The third kappa shape index (κ3) is 3.08. The number of methoxy groups -OCH3 is 2. The van der Waals surface area contributed by atoms with E-state index in [0.29, 0.717) is 0 Å². The third-order valence-electron chi connectivity index (χ3n) is 3.01. The van der Waals surface area contributed by atoms with Gasteiger partial charge in [0.15, 0.2) is 0 Å². The molecule has 2 aromatic rings. The highest BCUT2D eigenvalue weighted by Gasteiger charge is 2.13. The molecule has 2 N–H and O–H groups in total. The van der Waals surface area contributed by atoms with Crippen LogP contribution in [0, 0.1) is 0 Å². The van der Waals surface area contributed by atoms with Gasteiger partial charge in [-0.1, -0.05) is 28.1 Å². The van der Waals surface area contributed by atoms with Gasteiger partial charge in [-0.2, -0.15) is 0 Å². The van der Waals surface area contributed by atoms with Crippen LogP contribution in [0.3, 0.4) is 0 Å². The number of halogens is 1. The van der Waals surface area contributed by atoms with Gasteiger partial charge in [-0.3, -0.25) is 0 Å². The van der Waals surface area contributed by atoms with E-state index in [4.69, 9.17) is 15.2 Å². The Balaban J connectivity index is 2.34. The van der Waals surface area contributed by atoms with Crippen molar-refractivity contribution in [3.8, 4) is 11.5 Å². The molecule has 0 aliphatic carbocycles. The van der Waals surface area contributed by atoms with E-state index in [-0.39, 0.29) is 6.04 Å². The molecule has 0 heterocycles. The molecule has 0 spiro atoms. The minimum Gasteiger partial charge on any atom is -0.497 e. The van der Waals surface area contributed by atoms with Crippen LogP contribution in [0.25, 0.3) is 0 Å². The highest BCUT2D eigenvalue weighted by molar-refractivity contribution is 9.10. The summed E-state index contributed by atoms with van der Waals surface area (Å²) in [5.41, 5.74) is 8.32. The first-order valence-corrected chi connectivity index (χ1v) is 6.68. The molecule has 0 bridgehead atoms. The van der Waals surface area contributed by atoms with Crippen molar-refractivity contribution < 1.29 is 9.47 Å². The van der Waals surface area contributed by atoms with Crippen LogP contribution in [-0.4, -0.2) is 14.2 Å². The average Bonchev–Trinajstić information content (AvgIpc) is 2.47. The normalized spacial score (nSPS) is 12.0. The molecule has 2 aromatic carbocycles. The fraction of sp³-hybridized carbons (Fsp3) is 0.200. The maximum atomic E-state index is 6.31. The molecular weight excluding hydrogens is 306 g/mol. The molecule has 19 heavy (non-hydrogen) atoms. The van der Waals surface area contributed by atoms with Gasteiger partial charge in [-0.05, 0) is 41.5 Å². The first-order valence-electron chi connectivity index (χ1n) is 5.88. The van der Waals surface area contributed by atoms with Gasteiger partial charge in [0.2, 0.25) is 0 Å². The first-order chi connectivity index (χ1) is 9.15. The summed E-state index contributed by atoms with van der Waals surface area (Å²) in [7, 11) is 3.29. The van der Waals surface area contributed by atoms with Crippen molar-refractivity contribution in [3.05, 3.63) is 58.1 Å². The summed E-state index contributed by atoms with van der Waals surface area (Å²) in [5.74, 6) is 1.61. The number of rotatable bonds is 4. The molecule has 1 unspecified atom stereocenters. The summed E-state index contributed by atoms with van der Waals surface area (Å²) < 4.78 is 11.3. The van der Waals surface area contributed by atoms with Crippen LogP contribution in [-0.2, 0) is 0 Å². The highest BCUT2D eigenvalue weighted by atomic mass is 79.9. The molecule has 4 heteroatoms. The fourth-order valence-electron chi connectivity index (χ4n) is 1.88. The Labute approximate surface area is 121 Å². The average molecular weight is 322 g/mol. The molecule has 100 valence electrons. The Hall–Kier alpha value is -1.52. The topological polar surface area (TPSA) is 44.5 Å². The standard InChI is InChI=1S/C15H16BrNO2/c1-18-11-5-3-10(4-6-11)15(17)13-9-12(19-2)7-8-14(13)16/h3-9,15H,17H2,1-2H3. The van der Waals surface area contributed by atoms with Gasteiger partial charge in [0, 0.05) is 4.47 Å². The number of hydrogen-bond acceptors (Lipinski definition) is 3. The monoisotopic (exact) mass is 321 g/mol. The van der Waals surface area contributed by atoms with Gasteiger partial charge >= 0.3 is 0 Å². The predicted molar refractivity (Wildman–Crippen MR) is 79.7 cm³/mol. The summed E-state index contributed by atoms with van der Waals surface area (Å²) in [4.78, 5) is 0. The lowest BCUT2D eigenvalue weighted by molar-refractivity contribution is 0.413. The van der Waals surface area contributed by atoms with Crippen LogP contribution in [0.2, 0.25) is 0 Å². The van der Waals surface area contributed by atoms with Crippen molar-refractivity contribution in [2.24, 2.45) is 5.73 Å². The second kappa shape index (κ2) is 6.08. The van der Waals surface area contributed by atoms with E-state index in [2.05, 4.69) is 15.9 Å². The summed E-state index contributed by atoms with van der Waals surface area (Å²) in [6, 6.07) is 13.3. The first kappa shape index (κ1) is 13.9. The lowest BCUT2D eigenvalue weighted by Crippen LogP contribution is -2.12. The predicted octanol–water partition coefficient (Wildman–Crippen LogP) is 3.51. The van der Waals surface area contributed by atoms with Gasteiger partial charge in [0.25, 0.3) is 0 Å². The Bertz CT molecular complexity index is 555. The Kier molecular flexibility index (Phi) is 4.45. The number of hydrogen-bond donors (Lipinski definition) is 1. The molecule has 0 saturated heterocycles. The van der Waals surface area contributed by atoms with Gasteiger partial charge in [0.1, 0.15) is 11.5 Å². The van der Waals surface area contributed by atoms with Crippen molar-refractivity contribution in [2.75, 3.05) is 14.2 Å². The van der Waals surface area contributed by atoms with Crippen LogP contribution in [0.15, 0.2) is 46.9 Å². The van der Waals surface area contributed by atoms with E-state index in [0.717, 1.165) is 27.1 Å². The lowest BCUT2D eigenvalue weighted by atomic mass is 9.99. The fourth-order valence-corrected chi connectivity index (χ4v) is 2.37. The van der Waals surface area contributed by atoms with E-state index in [1.165, 1.54) is 0 Å². The molecule has 0 aliphatic rings. The van der Waals surface area contributed by atoms with E-state index >= 15 is 0 Å². The summed E-state index contributed by atoms with van der Waals surface area (Å²) in [6.45, 7) is 0. The van der Waals surface area contributed by atoms with Gasteiger partial charge in [0.05, 0.1) is 20.3 Å². The van der Waals surface area contributed by atoms with Crippen molar-refractivity contribution in [2.45, 2.75) is 6.04 Å². The number of ether oxygens (including phenoxy) is 2. The molecule has 3 nitrogen and oxygen atoms in total. The molecule has 0 saturated carbocycles. The van der Waals surface area contributed by atoms with E-state index in [1.54, 1.807) is 14.2 Å². The van der Waals surface area contributed by atoms with Crippen LogP contribution < -0.4 is 15.2 Å². The van der Waals surface area contributed by atoms with E-state index in [9.17, 15) is 0 Å². The lowest BCUT2D eigenvalue weighted by Gasteiger charge is -2.16. The van der Waals surface area contributed by atoms with E-state index in [1.807, 2.05) is 42.5 Å². The quantitative estimate of drug-likeness (QED) is 0.937. The molecule has 0 fully saturated rings. The van der Waals surface area contributed by atoms with Gasteiger partial charge in [-0.15, -0.1) is 0 Å². The van der Waals surface area contributed by atoms with Crippen molar-refractivity contribution in [3.63, 3.8) is 0 Å². The van der Waals surface area contributed by atoms with Crippen LogP contribution in [0.4, 0.5) is 0 Å². The van der Waals surface area contributed by atoms with Crippen LogP contribution in [0.1, 0.15) is 17.2 Å². The zero-order valence-corrected chi connectivity index (χ0v) is 12.5. The van der Waals surface area contributed by atoms with Crippen molar-refractivity contribution in [1.29, 1.82) is 0 Å². The SMILES string of the molecule is COc1ccc(C(N)c2cc(OC)ccc2Br)cc1. The molecule has 0 radical (unpaired) electrons. The van der Waals surface area contributed by atoms with E-state index < -0.39 is 0 Å². The maximum Gasteiger partial charge on any atom is 0.119 e. The maximum absolute atomic E-state index is 6.31. The molecular formula is C15H16BrNO2. The molecule has 2 rings (SSSR count). The largest absolute Gasteiger partial charge is 0.497 e. The van der Waals surface area contributed by atoms with Gasteiger partial charge in [-0.25, -0.2) is 0 Å². The van der Waals surface area contributed by atoms with Crippen molar-refractivity contribution in [1.82, 2.24) is 0 Å². The minimum absolute atomic E-state index is 0.213. The number of nitrogens with two attached hydrogens (primary N) is 1. The molecule has 0 aliphatic heterocycles. The zero-order valence-electron chi connectivity index (χ0n) is 10.9. The minimum atomic E-state index is -0.213. The third-order valence-corrected chi connectivity index (χ3v) is 3.74. The molecule has 1 atom stereocenters. The Morgan fingerprint density at radius 3 is 2.11 bits per heavy atom.